The maximum absolute atomic E-state index is 12.4. The van der Waals surface area contributed by atoms with E-state index in [2.05, 4.69) is 15.3 Å². The van der Waals surface area contributed by atoms with Gasteiger partial charge in [0.1, 0.15) is 5.52 Å². The Morgan fingerprint density at radius 1 is 1.35 bits per heavy atom. The Morgan fingerprint density at radius 2 is 2.27 bits per heavy atom. The molecule has 0 fully saturated rings. The SMILES string of the molecule is COCCc1nc2ccc(C(=O)NCCc3cn4ccsc4n3)cc2o1. The van der Waals surface area contributed by atoms with Crippen molar-refractivity contribution in [3.8, 4) is 0 Å². The molecular formula is C18H18N4O3S. The number of imidazole rings is 1. The Labute approximate surface area is 153 Å². The van der Waals surface area contributed by atoms with Crippen LogP contribution in [0.4, 0.5) is 0 Å². The molecule has 134 valence electrons. The first-order chi connectivity index (χ1) is 12.7. The topological polar surface area (TPSA) is 81.7 Å². The van der Waals surface area contributed by atoms with E-state index in [0.29, 0.717) is 43.0 Å². The van der Waals surface area contributed by atoms with Crippen LogP contribution in [0, 0.1) is 0 Å². The maximum Gasteiger partial charge on any atom is 0.251 e. The molecule has 0 unspecified atom stereocenters. The number of nitrogens with one attached hydrogen (secondary N) is 1. The van der Waals surface area contributed by atoms with E-state index in [1.165, 1.54) is 0 Å². The van der Waals surface area contributed by atoms with E-state index >= 15 is 0 Å². The second kappa shape index (κ2) is 7.27. The Hall–Kier alpha value is -2.71. The van der Waals surface area contributed by atoms with Gasteiger partial charge in [-0.1, -0.05) is 0 Å². The summed E-state index contributed by atoms with van der Waals surface area (Å²) >= 11 is 1.59. The number of thiazole rings is 1. The zero-order chi connectivity index (χ0) is 17.9. The number of carbonyl (C=O) groups excluding carboxylic acids is 1. The van der Waals surface area contributed by atoms with Crippen LogP contribution in [0.3, 0.4) is 0 Å². The molecule has 26 heavy (non-hydrogen) atoms. The lowest BCUT2D eigenvalue weighted by Crippen LogP contribution is -2.25. The third-order valence-electron chi connectivity index (χ3n) is 4.02. The first-order valence-corrected chi connectivity index (χ1v) is 9.18. The van der Waals surface area contributed by atoms with Crippen molar-refractivity contribution in [2.24, 2.45) is 0 Å². The van der Waals surface area contributed by atoms with Gasteiger partial charge in [0.15, 0.2) is 16.4 Å². The van der Waals surface area contributed by atoms with Gasteiger partial charge in [-0.25, -0.2) is 9.97 Å². The summed E-state index contributed by atoms with van der Waals surface area (Å²) in [6.07, 6.45) is 5.25. The third-order valence-corrected chi connectivity index (χ3v) is 4.80. The largest absolute Gasteiger partial charge is 0.441 e. The van der Waals surface area contributed by atoms with Gasteiger partial charge in [0.05, 0.1) is 12.3 Å². The number of carbonyl (C=O) groups is 1. The quantitative estimate of drug-likeness (QED) is 0.541. The average Bonchev–Trinajstić information content (AvgIpc) is 3.32. The lowest BCUT2D eigenvalue weighted by molar-refractivity contribution is 0.0954. The van der Waals surface area contributed by atoms with Gasteiger partial charge in [-0.3, -0.25) is 9.20 Å². The van der Waals surface area contributed by atoms with Crippen LogP contribution in [0.5, 0.6) is 0 Å². The monoisotopic (exact) mass is 370 g/mol. The molecule has 0 aliphatic carbocycles. The lowest BCUT2D eigenvalue weighted by Gasteiger charge is -2.03. The van der Waals surface area contributed by atoms with Crippen molar-refractivity contribution in [3.63, 3.8) is 0 Å². The summed E-state index contributed by atoms with van der Waals surface area (Å²) in [5.74, 6) is 0.474. The van der Waals surface area contributed by atoms with Crippen molar-refractivity contribution in [2.75, 3.05) is 20.3 Å². The summed E-state index contributed by atoms with van der Waals surface area (Å²) in [6.45, 7) is 1.07. The van der Waals surface area contributed by atoms with Crippen molar-refractivity contribution in [2.45, 2.75) is 12.8 Å². The van der Waals surface area contributed by atoms with E-state index in [4.69, 9.17) is 9.15 Å². The highest BCUT2D eigenvalue weighted by Crippen LogP contribution is 2.18. The van der Waals surface area contributed by atoms with Crippen molar-refractivity contribution in [1.82, 2.24) is 19.7 Å². The molecule has 4 aromatic rings. The fourth-order valence-electron chi connectivity index (χ4n) is 2.71. The van der Waals surface area contributed by atoms with Crippen LogP contribution in [0.2, 0.25) is 0 Å². The second-order valence-corrected chi connectivity index (χ2v) is 6.74. The highest BCUT2D eigenvalue weighted by atomic mass is 32.1. The third kappa shape index (κ3) is 3.47. The highest BCUT2D eigenvalue weighted by molar-refractivity contribution is 7.15. The number of amides is 1. The van der Waals surface area contributed by atoms with E-state index in [1.807, 2.05) is 22.2 Å². The molecule has 3 aromatic heterocycles. The first kappa shape index (κ1) is 16.7. The number of nitrogens with zero attached hydrogens (tertiary/aromatic N) is 3. The number of hydrogen-bond donors (Lipinski definition) is 1. The molecule has 1 aromatic carbocycles. The Morgan fingerprint density at radius 3 is 3.12 bits per heavy atom. The number of rotatable bonds is 7. The molecular weight excluding hydrogens is 352 g/mol. The summed E-state index contributed by atoms with van der Waals surface area (Å²) in [5.41, 5.74) is 2.87. The first-order valence-electron chi connectivity index (χ1n) is 8.30. The van der Waals surface area contributed by atoms with Crippen LogP contribution in [0.1, 0.15) is 21.9 Å². The predicted molar refractivity (Wildman–Crippen MR) is 98.7 cm³/mol. The van der Waals surface area contributed by atoms with Gasteiger partial charge in [0, 0.05) is 49.8 Å². The minimum atomic E-state index is -0.136. The van der Waals surface area contributed by atoms with Crippen LogP contribution in [0.15, 0.2) is 40.4 Å². The van der Waals surface area contributed by atoms with Gasteiger partial charge in [-0.15, -0.1) is 11.3 Å². The van der Waals surface area contributed by atoms with Crippen LogP contribution in [-0.2, 0) is 17.6 Å². The molecule has 0 saturated heterocycles. The molecule has 0 radical (unpaired) electrons. The zero-order valence-electron chi connectivity index (χ0n) is 14.3. The zero-order valence-corrected chi connectivity index (χ0v) is 15.1. The number of methoxy groups -OCH3 is 1. The predicted octanol–water partition coefficient (Wildman–Crippen LogP) is 2.70. The summed E-state index contributed by atoms with van der Waals surface area (Å²) in [4.78, 5) is 22.2. The minimum Gasteiger partial charge on any atom is -0.441 e. The number of aromatic nitrogens is 3. The number of hydrogen-bond acceptors (Lipinski definition) is 6. The van der Waals surface area contributed by atoms with E-state index in [-0.39, 0.29) is 5.91 Å². The Bertz CT molecular complexity index is 1020. The molecule has 0 atom stereocenters. The maximum atomic E-state index is 12.4. The average molecular weight is 370 g/mol. The van der Waals surface area contributed by atoms with Gasteiger partial charge in [-0.2, -0.15) is 0 Å². The van der Waals surface area contributed by atoms with Crippen molar-refractivity contribution in [3.05, 3.63) is 53.1 Å². The van der Waals surface area contributed by atoms with Crippen molar-refractivity contribution >= 4 is 33.3 Å². The van der Waals surface area contributed by atoms with E-state index in [0.717, 1.165) is 16.2 Å². The van der Waals surface area contributed by atoms with E-state index in [1.54, 1.807) is 36.6 Å². The molecule has 7 nitrogen and oxygen atoms in total. The summed E-state index contributed by atoms with van der Waals surface area (Å²) < 4.78 is 12.7. The molecule has 0 saturated carbocycles. The van der Waals surface area contributed by atoms with Crippen molar-refractivity contribution < 1.29 is 13.9 Å². The molecule has 1 N–H and O–H groups in total. The molecule has 0 aliphatic heterocycles. The summed E-state index contributed by atoms with van der Waals surface area (Å²) in [5, 5.41) is 4.92. The number of benzene rings is 1. The van der Waals surface area contributed by atoms with Gasteiger partial charge in [0.25, 0.3) is 5.91 Å². The standard InChI is InChI=1S/C18H18N4O3S/c1-24-8-5-16-21-14-3-2-12(10-15(14)25-16)17(23)19-6-4-13-11-22-7-9-26-18(22)20-13/h2-3,7,9-11H,4-6,8H2,1H3,(H,19,23). The number of oxazole rings is 1. The second-order valence-electron chi connectivity index (χ2n) is 5.86. The summed E-state index contributed by atoms with van der Waals surface area (Å²) in [7, 11) is 1.64. The number of ether oxygens (including phenoxy) is 1. The number of fused-ring (bicyclic) bond motifs is 2. The molecule has 0 aliphatic rings. The molecule has 3 heterocycles. The van der Waals surface area contributed by atoms with E-state index in [9.17, 15) is 4.79 Å². The smallest absolute Gasteiger partial charge is 0.251 e. The summed E-state index contributed by atoms with van der Waals surface area (Å²) in [6, 6.07) is 5.28. The fourth-order valence-corrected chi connectivity index (χ4v) is 3.43. The van der Waals surface area contributed by atoms with Crippen LogP contribution >= 0.6 is 11.3 Å². The van der Waals surface area contributed by atoms with Gasteiger partial charge < -0.3 is 14.5 Å². The van der Waals surface area contributed by atoms with Gasteiger partial charge >= 0.3 is 0 Å². The van der Waals surface area contributed by atoms with Gasteiger partial charge in [-0.05, 0) is 18.2 Å². The Kier molecular flexibility index (Phi) is 4.68. The van der Waals surface area contributed by atoms with Crippen molar-refractivity contribution in [1.29, 1.82) is 0 Å². The molecule has 1 amide bonds. The molecule has 0 spiro atoms. The minimum absolute atomic E-state index is 0.136. The molecule has 0 bridgehead atoms. The molecule has 4 rings (SSSR count). The van der Waals surface area contributed by atoms with Crippen LogP contribution < -0.4 is 5.32 Å². The van der Waals surface area contributed by atoms with Gasteiger partial charge in [0.2, 0.25) is 0 Å². The highest BCUT2D eigenvalue weighted by Gasteiger charge is 2.11. The lowest BCUT2D eigenvalue weighted by atomic mass is 10.2. The van der Waals surface area contributed by atoms with Crippen LogP contribution in [0.25, 0.3) is 16.1 Å². The van der Waals surface area contributed by atoms with E-state index < -0.39 is 0 Å². The van der Waals surface area contributed by atoms with Crippen LogP contribution in [-0.4, -0.2) is 40.5 Å². The normalized spacial score (nSPS) is 11.4. The molecule has 8 heteroatoms. The fraction of sp³-hybridized carbons (Fsp3) is 0.278. The Balaban J connectivity index is 1.38.